The fourth-order valence-corrected chi connectivity index (χ4v) is 2.52. The first-order valence-electron chi connectivity index (χ1n) is 6.81. The summed E-state index contributed by atoms with van der Waals surface area (Å²) in [5.41, 5.74) is 1.08. The van der Waals surface area contributed by atoms with Gasteiger partial charge in [0.05, 0.1) is 6.54 Å². The van der Waals surface area contributed by atoms with Crippen molar-refractivity contribution in [3.8, 4) is 0 Å². The number of guanidine groups is 1. The number of aryl methyl sites for hydroxylation is 1. The van der Waals surface area contributed by atoms with Crippen LogP contribution in [0.3, 0.4) is 0 Å². The van der Waals surface area contributed by atoms with Crippen LogP contribution in [0.2, 0.25) is 10.0 Å². The average molecular weight is 341 g/mol. The van der Waals surface area contributed by atoms with Crippen LogP contribution in [0, 0.1) is 0 Å². The molecule has 0 fully saturated rings. The lowest BCUT2D eigenvalue weighted by Crippen LogP contribution is -2.38. The third kappa shape index (κ3) is 4.89. The summed E-state index contributed by atoms with van der Waals surface area (Å²) in [5, 5.41) is 11.7. The highest BCUT2D eigenvalue weighted by Gasteiger charge is 2.03. The zero-order valence-electron chi connectivity index (χ0n) is 12.5. The molecule has 0 radical (unpaired) electrons. The quantitative estimate of drug-likeness (QED) is 0.645. The Morgan fingerprint density at radius 1 is 1.23 bits per heavy atom. The molecule has 6 nitrogen and oxygen atoms in total. The number of benzene rings is 1. The molecule has 0 aliphatic carbocycles. The molecule has 118 valence electrons. The van der Waals surface area contributed by atoms with Crippen molar-refractivity contribution in [2.45, 2.75) is 13.0 Å². The predicted molar refractivity (Wildman–Crippen MR) is 89.4 cm³/mol. The van der Waals surface area contributed by atoms with E-state index in [2.05, 4.69) is 25.7 Å². The molecule has 1 aromatic carbocycles. The molecule has 0 saturated carbocycles. The Kier molecular flexibility index (Phi) is 6.03. The van der Waals surface area contributed by atoms with E-state index in [1.165, 1.54) is 6.33 Å². The summed E-state index contributed by atoms with van der Waals surface area (Å²) in [6, 6.07) is 5.54. The van der Waals surface area contributed by atoms with Crippen LogP contribution in [0.4, 0.5) is 0 Å². The minimum absolute atomic E-state index is 0.555. The Bertz CT molecular complexity index is 632. The first-order chi connectivity index (χ1) is 10.6. The standard InChI is InChI=1S/C14H18Cl2N6/c1-17-14(19-8-13-20-9-21-22(13)2)18-4-3-10-5-11(15)7-12(16)6-10/h5-7,9H,3-4,8H2,1-2H3,(H2,17,18,19). The molecule has 22 heavy (non-hydrogen) atoms. The zero-order valence-corrected chi connectivity index (χ0v) is 14.0. The lowest BCUT2D eigenvalue weighted by molar-refractivity contribution is 0.672. The third-order valence-electron chi connectivity index (χ3n) is 3.07. The number of rotatable bonds is 5. The SMILES string of the molecule is CN=C(NCCc1cc(Cl)cc(Cl)c1)NCc1ncnn1C. The Labute approximate surface area is 139 Å². The average Bonchev–Trinajstić information content (AvgIpc) is 2.87. The number of aromatic nitrogens is 3. The van der Waals surface area contributed by atoms with Gasteiger partial charge >= 0.3 is 0 Å². The maximum atomic E-state index is 5.98. The summed E-state index contributed by atoms with van der Waals surface area (Å²) < 4.78 is 1.72. The molecule has 0 aliphatic rings. The molecule has 0 unspecified atom stereocenters. The Balaban J connectivity index is 1.80. The van der Waals surface area contributed by atoms with Gasteiger partial charge in [0.2, 0.25) is 0 Å². The number of halogens is 2. The van der Waals surface area contributed by atoms with Crippen LogP contribution < -0.4 is 10.6 Å². The van der Waals surface area contributed by atoms with Gasteiger partial charge < -0.3 is 10.6 Å². The van der Waals surface area contributed by atoms with E-state index in [-0.39, 0.29) is 0 Å². The molecule has 1 aromatic heterocycles. The second-order valence-electron chi connectivity index (χ2n) is 4.68. The highest BCUT2D eigenvalue weighted by Crippen LogP contribution is 2.19. The van der Waals surface area contributed by atoms with Gasteiger partial charge in [-0.05, 0) is 30.2 Å². The maximum Gasteiger partial charge on any atom is 0.191 e. The van der Waals surface area contributed by atoms with E-state index in [1.54, 1.807) is 17.8 Å². The van der Waals surface area contributed by atoms with E-state index in [0.717, 1.165) is 24.4 Å². The van der Waals surface area contributed by atoms with Crippen LogP contribution in [0.1, 0.15) is 11.4 Å². The first-order valence-corrected chi connectivity index (χ1v) is 7.56. The predicted octanol–water partition coefficient (Wildman–Crippen LogP) is 2.03. The normalized spacial score (nSPS) is 11.5. The van der Waals surface area contributed by atoms with Crippen molar-refractivity contribution in [3.63, 3.8) is 0 Å². The van der Waals surface area contributed by atoms with Crippen molar-refractivity contribution in [1.29, 1.82) is 0 Å². The molecule has 2 N–H and O–H groups in total. The molecule has 0 aliphatic heterocycles. The largest absolute Gasteiger partial charge is 0.356 e. The molecular weight excluding hydrogens is 323 g/mol. The van der Waals surface area contributed by atoms with Gasteiger partial charge in [-0.1, -0.05) is 23.2 Å². The minimum Gasteiger partial charge on any atom is -0.356 e. The molecule has 8 heteroatoms. The van der Waals surface area contributed by atoms with Crippen LogP contribution in [0.15, 0.2) is 29.5 Å². The van der Waals surface area contributed by atoms with Crippen molar-refractivity contribution >= 4 is 29.2 Å². The van der Waals surface area contributed by atoms with E-state index in [4.69, 9.17) is 23.2 Å². The van der Waals surface area contributed by atoms with Crippen LogP contribution in [0.25, 0.3) is 0 Å². The summed E-state index contributed by atoms with van der Waals surface area (Å²) in [5.74, 6) is 1.54. The fraction of sp³-hybridized carbons (Fsp3) is 0.357. The summed E-state index contributed by atoms with van der Waals surface area (Å²) >= 11 is 12.0. The molecule has 0 bridgehead atoms. The van der Waals surface area contributed by atoms with Crippen molar-refractivity contribution < 1.29 is 0 Å². The van der Waals surface area contributed by atoms with Crippen LogP contribution >= 0.6 is 23.2 Å². The summed E-state index contributed by atoms with van der Waals surface area (Å²) in [6.07, 6.45) is 2.32. The van der Waals surface area contributed by atoms with Crippen LogP contribution in [0.5, 0.6) is 0 Å². The lowest BCUT2D eigenvalue weighted by atomic mass is 10.1. The Morgan fingerprint density at radius 2 is 1.95 bits per heavy atom. The molecule has 1 heterocycles. The summed E-state index contributed by atoms with van der Waals surface area (Å²) in [7, 11) is 3.57. The second-order valence-corrected chi connectivity index (χ2v) is 5.55. The third-order valence-corrected chi connectivity index (χ3v) is 3.51. The van der Waals surface area contributed by atoms with Crippen LogP contribution in [-0.4, -0.2) is 34.3 Å². The fourth-order valence-electron chi connectivity index (χ4n) is 1.94. The van der Waals surface area contributed by atoms with E-state index < -0.39 is 0 Å². The van der Waals surface area contributed by atoms with Gasteiger partial charge in [-0.15, -0.1) is 0 Å². The lowest BCUT2D eigenvalue weighted by Gasteiger charge is -2.11. The van der Waals surface area contributed by atoms with Gasteiger partial charge in [0.25, 0.3) is 0 Å². The van der Waals surface area contributed by atoms with E-state index in [1.807, 2.05) is 19.2 Å². The van der Waals surface area contributed by atoms with E-state index in [0.29, 0.717) is 22.5 Å². The van der Waals surface area contributed by atoms with Gasteiger partial charge in [0.1, 0.15) is 12.2 Å². The van der Waals surface area contributed by atoms with Gasteiger partial charge in [-0.3, -0.25) is 9.67 Å². The zero-order chi connectivity index (χ0) is 15.9. The topological polar surface area (TPSA) is 67.1 Å². The Morgan fingerprint density at radius 3 is 2.55 bits per heavy atom. The molecule has 2 aromatic rings. The van der Waals surface area contributed by atoms with Gasteiger partial charge in [-0.2, -0.15) is 5.10 Å². The molecule has 0 amide bonds. The number of hydrogen-bond donors (Lipinski definition) is 2. The summed E-state index contributed by atoms with van der Waals surface area (Å²) in [6.45, 7) is 1.27. The Hall–Kier alpha value is -1.79. The van der Waals surface area contributed by atoms with Gasteiger partial charge in [0.15, 0.2) is 5.96 Å². The molecular formula is C14H18Cl2N6. The summed E-state index contributed by atoms with van der Waals surface area (Å²) in [4.78, 5) is 8.31. The number of nitrogens with zero attached hydrogens (tertiary/aromatic N) is 4. The molecule has 0 saturated heterocycles. The molecule has 0 spiro atoms. The minimum atomic E-state index is 0.555. The number of aliphatic imine (C=N–C) groups is 1. The van der Waals surface area contributed by atoms with Gasteiger partial charge in [-0.25, -0.2) is 4.98 Å². The van der Waals surface area contributed by atoms with Gasteiger partial charge in [0, 0.05) is 30.7 Å². The molecule has 2 rings (SSSR count). The monoisotopic (exact) mass is 340 g/mol. The smallest absolute Gasteiger partial charge is 0.191 e. The van der Waals surface area contributed by atoms with E-state index >= 15 is 0 Å². The van der Waals surface area contributed by atoms with Crippen molar-refractivity contribution in [3.05, 3.63) is 46.0 Å². The van der Waals surface area contributed by atoms with E-state index in [9.17, 15) is 0 Å². The highest BCUT2D eigenvalue weighted by atomic mass is 35.5. The van der Waals surface area contributed by atoms with Crippen molar-refractivity contribution in [1.82, 2.24) is 25.4 Å². The number of nitrogens with one attached hydrogen (secondary N) is 2. The maximum absolute atomic E-state index is 5.98. The second kappa shape index (κ2) is 8.00. The molecule has 0 atom stereocenters. The van der Waals surface area contributed by atoms with Crippen LogP contribution in [-0.2, 0) is 20.0 Å². The first kappa shape index (κ1) is 16.6. The number of hydrogen-bond acceptors (Lipinski definition) is 3. The van der Waals surface area contributed by atoms with Crippen molar-refractivity contribution in [2.24, 2.45) is 12.0 Å². The highest BCUT2D eigenvalue weighted by molar-refractivity contribution is 6.34. The van der Waals surface area contributed by atoms with Crippen molar-refractivity contribution in [2.75, 3.05) is 13.6 Å².